The lowest BCUT2D eigenvalue weighted by Crippen LogP contribution is -2.45. The number of halogens is 1. The Morgan fingerprint density at radius 1 is 1.00 bits per heavy atom. The number of ketones is 1. The van der Waals surface area contributed by atoms with Crippen molar-refractivity contribution < 1.29 is 38.5 Å². The fourth-order valence-electron chi connectivity index (χ4n) is 4.02. The van der Waals surface area contributed by atoms with Gasteiger partial charge in [-0.3, -0.25) is 9.59 Å². The molecule has 3 aromatic rings. The summed E-state index contributed by atoms with van der Waals surface area (Å²) >= 11 is 6.54. The monoisotopic (exact) mass is 580 g/mol. The minimum atomic E-state index is -0.859. The van der Waals surface area contributed by atoms with Crippen LogP contribution in [0.3, 0.4) is 0 Å². The summed E-state index contributed by atoms with van der Waals surface area (Å²) in [7, 11) is 1.43. The fraction of sp³-hybridized carbons (Fsp3) is 0.200. The van der Waals surface area contributed by atoms with E-state index >= 15 is 0 Å². The highest BCUT2D eigenvalue weighted by Gasteiger charge is 2.34. The predicted octanol–water partition coefficient (Wildman–Crippen LogP) is 5.03. The molecule has 0 radical (unpaired) electrons. The number of carboxylic acids is 1. The molecule has 4 rings (SSSR count). The molecule has 0 bridgehead atoms. The van der Waals surface area contributed by atoms with Gasteiger partial charge in [0, 0.05) is 12.5 Å². The smallest absolute Gasteiger partial charge is 0.344 e. The molecule has 3 aromatic carbocycles. The van der Waals surface area contributed by atoms with Gasteiger partial charge in [0.15, 0.2) is 23.9 Å². The molecule has 0 fully saturated rings. The van der Waals surface area contributed by atoms with E-state index in [1.807, 2.05) is 36.4 Å². The van der Waals surface area contributed by atoms with Gasteiger partial charge < -0.3 is 30.0 Å². The minimum Gasteiger partial charge on any atom is -0.493 e. The summed E-state index contributed by atoms with van der Waals surface area (Å²) in [5.41, 5.74) is 2.35. The number of ether oxygens (including phenoxy) is 3. The van der Waals surface area contributed by atoms with Crippen LogP contribution in [0.15, 0.2) is 78.4 Å². The summed E-state index contributed by atoms with van der Waals surface area (Å²) in [6.45, 7) is 2.64. The van der Waals surface area contributed by atoms with Crippen LogP contribution in [0.2, 0.25) is 5.02 Å². The van der Waals surface area contributed by atoms with Gasteiger partial charge in [-0.05, 0) is 30.2 Å². The van der Waals surface area contributed by atoms with Crippen LogP contribution in [0.5, 0.6) is 11.5 Å². The van der Waals surface area contributed by atoms with Crippen LogP contribution in [0, 0.1) is 0 Å². The molecule has 1 heterocycles. The number of carbonyl (C=O) groups excluding carboxylic acids is 3. The molecule has 0 saturated carbocycles. The van der Waals surface area contributed by atoms with Crippen LogP contribution in [-0.4, -0.2) is 49.2 Å². The number of benzene rings is 3. The molecular weight excluding hydrogens is 552 g/mol. The van der Waals surface area contributed by atoms with Crippen LogP contribution in [-0.2, 0) is 14.3 Å². The number of urea groups is 1. The van der Waals surface area contributed by atoms with E-state index in [9.17, 15) is 14.4 Å². The highest BCUT2D eigenvalue weighted by molar-refractivity contribution is 6.32. The lowest BCUT2D eigenvalue weighted by atomic mass is 9.87. The second-order valence-corrected chi connectivity index (χ2v) is 8.94. The minimum absolute atomic E-state index is 0.138. The van der Waals surface area contributed by atoms with Crippen LogP contribution < -0.4 is 20.1 Å². The van der Waals surface area contributed by atoms with Gasteiger partial charge in [0.05, 0.1) is 36.1 Å². The van der Waals surface area contributed by atoms with Gasteiger partial charge in [0.1, 0.15) is 0 Å². The van der Waals surface area contributed by atoms with Crippen molar-refractivity contribution in [2.75, 3.05) is 20.3 Å². The molecule has 1 unspecified atom stereocenters. The van der Waals surface area contributed by atoms with Crippen molar-refractivity contribution in [1.82, 2.24) is 10.6 Å². The molecule has 0 aromatic heterocycles. The molecule has 1 atom stereocenters. The zero-order valence-electron chi connectivity index (χ0n) is 22.6. The Morgan fingerprint density at radius 2 is 1.61 bits per heavy atom. The first-order valence-electron chi connectivity index (χ1n) is 12.5. The molecule has 10 nitrogen and oxygen atoms in total. The van der Waals surface area contributed by atoms with Crippen molar-refractivity contribution in [3.63, 3.8) is 0 Å². The Kier molecular flexibility index (Phi) is 10.9. The van der Waals surface area contributed by atoms with E-state index in [1.165, 1.54) is 7.11 Å². The Hall–Kier alpha value is -4.83. The third-order valence-corrected chi connectivity index (χ3v) is 5.92. The zero-order chi connectivity index (χ0) is 29.9. The molecule has 41 heavy (non-hydrogen) atoms. The van der Waals surface area contributed by atoms with Crippen molar-refractivity contribution in [2.24, 2.45) is 0 Å². The summed E-state index contributed by atoms with van der Waals surface area (Å²) in [5.74, 6) is -1.28. The third-order valence-electron chi connectivity index (χ3n) is 5.64. The maximum Gasteiger partial charge on any atom is 0.344 e. The van der Waals surface area contributed by atoms with Crippen LogP contribution >= 0.6 is 11.6 Å². The number of carbonyl (C=O) groups is 4. The molecule has 214 valence electrons. The molecule has 1 aliphatic heterocycles. The first-order chi connectivity index (χ1) is 19.7. The first kappa shape index (κ1) is 30.7. The van der Waals surface area contributed by atoms with E-state index in [4.69, 9.17) is 35.7 Å². The summed E-state index contributed by atoms with van der Waals surface area (Å²) in [6, 6.07) is 19.8. The van der Waals surface area contributed by atoms with E-state index in [1.54, 1.807) is 43.3 Å². The van der Waals surface area contributed by atoms with Crippen LogP contribution in [0.1, 0.15) is 41.4 Å². The van der Waals surface area contributed by atoms with Crippen molar-refractivity contribution in [3.05, 3.63) is 100 Å². The van der Waals surface area contributed by atoms with Crippen molar-refractivity contribution in [1.29, 1.82) is 0 Å². The van der Waals surface area contributed by atoms with Gasteiger partial charge in [-0.2, -0.15) is 0 Å². The molecule has 0 spiro atoms. The number of amides is 2. The lowest BCUT2D eigenvalue weighted by molar-refractivity contribution is -0.145. The average molecular weight is 581 g/mol. The van der Waals surface area contributed by atoms with Crippen molar-refractivity contribution in [2.45, 2.75) is 19.9 Å². The maximum atomic E-state index is 13.8. The van der Waals surface area contributed by atoms with Crippen LogP contribution in [0.4, 0.5) is 4.79 Å². The number of hydrogen-bond donors (Lipinski definition) is 3. The average Bonchev–Trinajstić information content (AvgIpc) is 2.96. The number of nitrogens with one attached hydrogen (secondary N) is 2. The number of Topliss-reactive ketones (excluding diaryl/α,β-unsaturated/α-hetero) is 1. The lowest BCUT2D eigenvalue weighted by Gasteiger charge is -2.30. The molecular formula is C30H29ClN2O8. The fourth-order valence-corrected chi connectivity index (χ4v) is 4.29. The Labute approximate surface area is 241 Å². The number of methoxy groups -OCH3 is 1. The quantitative estimate of drug-likeness (QED) is 0.236. The number of esters is 1. The number of aliphatic carboxylic acids is 1. The topological polar surface area (TPSA) is 140 Å². The second-order valence-electron chi connectivity index (χ2n) is 8.53. The zero-order valence-corrected chi connectivity index (χ0v) is 23.4. The summed E-state index contributed by atoms with van der Waals surface area (Å²) in [5, 5.41) is 13.2. The predicted molar refractivity (Wildman–Crippen MR) is 152 cm³/mol. The number of hydrogen-bond acceptors (Lipinski definition) is 7. The Morgan fingerprint density at radius 3 is 2.20 bits per heavy atom. The van der Waals surface area contributed by atoms with Crippen molar-refractivity contribution >= 4 is 41.1 Å². The van der Waals surface area contributed by atoms with Gasteiger partial charge in [0.25, 0.3) is 5.97 Å². The maximum absolute atomic E-state index is 13.8. The standard InChI is InChI=1S/C28H25ClN2O6.C2H4O2/c1-3-36-22(32)16-37-27-20(29)14-19(15-21(27)35-2)25-23(26(33)18-12-8-5-9-13-18)24(30-28(34)31-25)17-10-6-4-7-11-17;1-2(3)4/h4-15,25H,3,16H2,1-2H3,(H2,30,31,34);1H3,(H,3,4). The first-order valence-corrected chi connectivity index (χ1v) is 12.9. The second kappa shape index (κ2) is 14.5. The van der Waals surface area contributed by atoms with Gasteiger partial charge in [-0.15, -0.1) is 0 Å². The summed E-state index contributed by atoms with van der Waals surface area (Å²) < 4.78 is 15.9. The number of rotatable bonds is 9. The third kappa shape index (κ3) is 8.09. The molecule has 0 saturated heterocycles. The molecule has 0 aliphatic carbocycles. The number of carboxylic acid groups (broad SMARTS) is 1. The Balaban J connectivity index is 0.00000108. The summed E-state index contributed by atoms with van der Waals surface area (Å²) in [6.07, 6.45) is 0. The molecule has 2 amide bonds. The molecule has 1 aliphatic rings. The SMILES string of the molecule is CC(=O)O.CCOC(=O)COc1c(Cl)cc(C2NC(=O)NC(c3ccccc3)=C2C(=O)c2ccccc2)cc1OC. The normalized spacial score (nSPS) is 14.0. The van der Waals surface area contributed by atoms with Gasteiger partial charge >= 0.3 is 12.0 Å². The van der Waals surface area contributed by atoms with Crippen LogP contribution in [0.25, 0.3) is 5.70 Å². The molecule has 3 N–H and O–H groups in total. The largest absolute Gasteiger partial charge is 0.493 e. The van der Waals surface area contributed by atoms with E-state index in [-0.39, 0.29) is 35.5 Å². The summed E-state index contributed by atoms with van der Waals surface area (Å²) in [4.78, 5) is 47.4. The van der Waals surface area contributed by atoms with Crippen molar-refractivity contribution in [3.8, 4) is 11.5 Å². The van der Waals surface area contributed by atoms with E-state index < -0.39 is 24.0 Å². The highest BCUT2D eigenvalue weighted by Crippen LogP contribution is 2.41. The molecule has 11 heteroatoms. The van der Waals surface area contributed by atoms with Gasteiger partial charge in [-0.1, -0.05) is 72.3 Å². The Bertz CT molecular complexity index is 1440. The van der Waals surface area contributed by atoms with E-state index in [0.717, 1.165) is 6.92 Å². The van der Waals surface area contributed by atoms with E-state index in [0.29, 0.717) is 28.0 Å². The highest BCUT2D eigenvalue weighted by atomic mass is 35.5. The van der Waals surface area contributed by atoms with Gasteiger partial charge in [0.2, 0.25) is 0 Å². The van der Waals surface area contributed by atoms with E-state index in [2.05, 4.69) is 10.6 Å². The van der Waals surface area contributed by atoms with Gasteiger partial charge in [-0.25, -0.2) is 9.59 Å².